The molecule has 1 saturated heterocycles. The van der Waals surface area contributed by atoms with Gasteiger partial charge in [0.2, 0.25) is 15.9 Å². The number of nitrogens with zero attached hydrogens (tertiary/aromatic N) is 1. The maximum Gasteiger partial charge on any atom is 0.243 e. The summed E-state index contributed by atoms with van der Waals surface area (Å²) in [6.45, 7) is 1.86. The maximum absolute atomic E-state index is 13.7. The number of para-hydroxylation sites is 1. The van der Waals surface area contributed by atoms with Gasteiger partial charge in [-0.25, -0.2) is 17.2 Å². The molecule has 1 aliphatic rings. The highest BCUT2D eigenvalue weighted by Gasteiger charge is 2.32. The number of rotatable bonds is 4. The molecule has 2 aromatic carbocycles. The number of hydrogen-bond acceptors (Lipinski definition) is 3. The Morgan fingerprint density at radius 2 is 1.74 bits per heavy atom. The second kappa shape index (κ2) is 7.74. The van der Waals surface area contributed by atoms with Crippen molar-refractivity contribution >= 4 is 21.6 Å². The molecule has 0 bridgehead atoms. The number of piperidine rings is 1. The van der Waals surface area contributed by atoms with Crippen LogP contribution in [0.1, 0.15) is 18.4 Å². The molecule has 0 spiro atoms. The van der Waals surface area contributed by atoms with Gasteiger partial charge in [-0.3, -0.25) is 4.79 Å². The van der Waals surface area contributed by atoms with Crippen molar-refractivity contribution in [3.8, 4) is 0 Å². The number of amides is 1. The van der Waals surface area contributed by atoms with E-state index in [4.69, 9.17) is 0 Å². The molecule has 1 heterocycles. The number of anilines is 1. The van der Waals surface area contributed by atoms with Crippen LogP contribution in [-0.4, -0.2) is 31.7 Å². The Morgan fingerprint density at radius 1 is 1.07 bits per heavy atom. The van der Waals surface area contributed by atoms with E-state index in [2.05, 4.69) is 5.32 Å². The third-order valence-electron chi connectivity index (χ3n) is 4.72. The fourth-order valence-corrected chi connectivity index (χ4v) is 4.64. The average Bonchev–Trinajstić information content (AvgIpc) is 2.65. The Morgan fingerprint density at radius 3 is 2.37 bits per heavy atom. The Labute approximate surface area is 157 Å². The zero-order chi connectivity index (χ0) is 19.6. The standard InChI is InChI=1S/C19H20F2N2O3S/c1-13-12-15(6-7-16(13)20)27(25,26)23-10-8-14(9-11-23)19(24)22-18-5-3-2-4-17(18)21/h2-7,12,14H,8-11H2,1H3,(H,22,24). The quantitative estimate of drug-likeness (QED) is 0.865. The fourth-order valence-electron chi connectivity index (χ4n) is 3.08. The third-order valence-corrected chi connectivity index (χ3v) is 6.62. The highest BCUT2D eigenvalue weighted by atomic mass is 32.2. The van der Waals surface area contributed by atoms with Gasteiger partial charge in [-0.15, -0.1) is 0 Å². The number of carbonyl (C=O) groups is 1. The van der Waals surface area contributed by atoms with Crippen molar-refractivity contribution in [2.45, 2.75) is 24.7 Å². The monoisotopic (exact) mass is 394 g/mol. The number of carbonyl (C=O) groups excluding carboxylic acids is 1. The van der Waals surface area contributed by atoms with Gasteiger partial charge in [-0.05, 0) is 55.7 Å². The summed E-state index contributed by atoms with van der Waals surface area (Å²) in [6, 6.07) is 9.58. The Bertz CT molecular complexity index is 955. The van der Waals surface area contributed by atoms with Crippen molar-refractivity contribution in [3.63, 3.8) is 0 Å². The van der Waals surface area contributed by atoms with Crippen molar-refractivity contribution in [2.75, 3.05) is 18.4 Å². The molecule has 0 radical (unpaired) electrons. The summed E-state index contributed by atoms with van der Waals surface area (Å²) in [5.74, 6) is -1.70. The largest absolute Gasteiger partial charge is 0.323 e. The first-order chi connectivity index (χ1) is 12.8. The van der Waals surface area contributed by atoms with Gasteiger partial charge < -0.3 is 5.32 Å². The van der Waals surface area contributed by atoms with Gasteiger partial charge in [0.05, 0.1) is 10.6 Å². The lowest BCUT2D eigenvalue weighted by molar-refractivity contribution is -0.120. The summed E-state index contributed by atoms with van der Waals surface area (Å²) in [5.41, 5.74) is 0.370. The van der Waals surface area contributed by atoms with Gasteiger partial charge in [-0.2, -0.15) is 4.31 Å². The summed E-state index contributed by atoms with van der Waals surface area (Å²) >= 11 is 0. The highest BCUT2D eigenvalue weighted by molar-refractivity contribution is 7.89. The lowest BCUT2D eigenvalue weighted by Gasteiger charge is -2.30. The van der Waals surface area contributed by atoms with E-state index in [0.717, 1.165) is 6.07 Å². The molecule has 8 heteroatoms. The molecule has 0 unspecified atom stereocenters. The molecule has 1 N–H and O–H groups in total. The van der Waals surface area contributed by atoms with E-state index in [-0.39, 0.29) is 35.1 Å². The molecule has 27 heavy (non-hydrogen) atoms. The molecule has 1 aliphatic heterocycles. The predicted octanol–water partition coefficient (Wildman–Crippen LogP) is 3.31. The molecular weight excluding hydrogens is 374 g/mol. The average molecular weight is 394 g/mol. The van der Waals surface area contributed by atoms with Gasteiger partial charge in [0.25, 0.3) is 0 Å². The molecule has 0 saturated carbocycles. The van der Waals surface area contributed by atoms with Crippen LogP contribution in [-0.2, 0) is 14.8 Å². The van der Waals surface area contributed by atoms with Crippen LogP contribution < -0.4 is 5.32 Å². The second-order valence-corrected chi connectivity index (χ2v) is 8.50. The molecule has 2 aromatic rings. The Kier molecular flexibility index (Phi) is 5.57. The van der Waals surface area contributed by atoms with E-state index in [0.29, 0.717) is 12.8 Å². The van der Waals surface area contributed by atoms with Gasteiger partial charge in [-0.1, -0.05) is 12.1 Å². The van der Waals surface area contributed by atoms with Gasteiger partial charge >= 0.3 is 0 Å². The van der Waals surface area contributed by atoms with E-state index in [1.165, 1.54) is 41.6 Å². The van der Waals surface area contributed by atoms with Gasteiger partial charge in [0, 0.05) is 19.0 Å². The third kappa shape index (κ3) is 4.17. The first-order valence-electron chi connectivity index (χ1n) is 8.61. The molecule has 5 nitrogen and oxygen atoms in total. The highest BCUT2D eigenvalue weighted by Crippen LogP contribution is 2.26. The molecule has 0 aliphatic carbocycles. The van der Waals surface area contributed by atoms with Crippen molar-refractivity contribution in [1.29, 1.82) is 0 Å². The minimum atomic E-state index is -3.74. The van der Waals surface area contributed by atoms with Crippen molar-refractivity contribution in [3.05, 3.63) is 59.7 Å². The minimum Gasteiger partial charge on any atom is -0.323 e. The first-order valence-corrected chi connectivity index (χ1v) is 10.0. The Hall–Kier alpha value is -2.32. The zero-order valence-electron chi connectivity index (χ0n) is 14.8. The van der Waals surface area contributed by atoms with Gasteiger partial charge in [0.15, 0.2) is 0 Å². The van der Waals surface area contributed by atoms with Crippen LogP contribution in [0.4, 0.5) is 14.5 Å². The minimum absolute atomic E-state index is 0.0376. The lowest BCUT2D eigenvalue weighted by Crippen LogP contribution is -2.41. The summed E-state index contributed by atoms with van der Waals surface area (Å²) in [5, 5.41) is 2.56. The van der Waals surface area contributed by atoms with E-state index in [1.54, 1.807) is 6.07 Å². The number of halogens is 2. The van der Waals surface area contributed by atoms with Crippen LogP contribution in [0.5, 0.6) is 0 Å². The van der Waals surface area contributed by atoms with Crippen LogP contribution >= 0.6 is 0 Å². The van der Waals surface area contributed by atoms with Crippen LogP contribution in [0.3, 0.4) is 0 Å². The topological polar surface area (TPSA) is 66.5 Å². The van der Waals surface area contributed by atoms with Crippen LogP contribution in [0.25, 0.3) is 0 Å². The SMILES string of the molecule is Cc1cc(S(=O)(=O)N2CCC(C(=O)Nc3ccccc3F)CC2)ccc1F. The van der Waals surface area contributed by atoms with Crippen LogP contribution in [0, 0.1) is 24.5 Å². The summed E-state index contributed by atoms with van der Waals surface area (Å²) in [4.78, 5) is 12.4. The number of aryl methyl sites for hydroxylation is 1. The molecule has 1 fully saturated rings. The van der Waals surface area contributed by atoms with Crippen LogP contribution in [0.2, 0.25) is 0 Å². The number of hydrogen-bond donors (Lipinski definition) is 1. The number of benzene rings is 2. The molecular formula is C19H20F2N2O3S. The summed E-state index contributed by atoms with van der Waals surface area (Å²) in [6.07, 6.45) is 0.666. The predicted molar refractivity (Wildman–Crippen MR) is 97.6 cm³/mol. The molecule has 1 amide bonds. The Balaban J connectivity index is 1.65. The number of sulfonamides is 1. The van der Waals surface area contributed by atoms with E-state index in [1.807, 2.05) is 0 Å². The normalized spacial score (nSPS) is 16.3. The van der Waals surface area contributed by atoms with Crippen LogP contribution in [0.15, 0.2) is 47.4 Å². The smallest absolute Gasteiger partial charge is 0.243 e. The first kappa shape index (κ1) is 19.4. The van der Waals surface area contributed by atoms with Gasteiger partial charge in [0.1, 0.15) is 11.6 Å². The second-order valence-electron chi connectivity index (χ2n) is 6.56. The maximum atomic E-state index is 13.7. The van der Waals surface area contributed by atoms with E-state index < -0.39 is 27.6 Å². The van der Waals surface area contributed by atoms with Crippen molar-refractivity contribution < 1.29 is 22.0 Å². The zero-order valence-corrected chi connectivity index (χ0v) is 15.6. The molecule has 0 aromatic heterocycles. The number of nitrogens with one attached hydrogen (secondary N) is 1. The fraction of sp³-hybridized carbons (Fsp3) is 0.316. The lowest BCUT2D eigenvalue weighted by atomic mass is 9.97. The molecule has 3 rings (SSSR count). The van der Waals surface area contributed by atoms with Crippen molar-refractivity contribution in [2.24, 2.45) is 5.92 Å². The molecule has 0 atom stereocenters. The van der Waals surface area contributed by atoms with E-state index >= 15 is 0 Å². The summed E-state index contributed by atoms with van der Waals surface area (Å²) < 4.78 is 53.8. The van der Waals surface area contributed by atoms with Crippen molar-refractivity contribution in [1.82, 2.24) is 4.31 Å². The summed E-state index contributed by atoms with van der Waals surface area (Å²) in [7, 11) is -3.74. The molecule has 144 valence electrons. The van der Waals surface area contributed by atoms with E-state index in [9.17, 15) is 22.0 Å².